The van der Waals surface area contributed by atoms with E-state index < -0.39 is 12.0 Å². The Morgan fingerprint density at radius 2 is 2.15 bits per heavy atom. The summed E-state index contributed by atoms with van der Waals surface area (Å²) in [6, 6.07) is 4.34. The Morgan fingerprint density at radius 3 is 2.81 bits per heavy atom. The van der Waals surface area contributed by atoms with E-state index in [0.717, 1.165) is 5.39 Å². The highest BCUT2D eigenvalue weighted by atomic mass is 35.5. The number of hydrogen-bond donors (Lipinski definition) is 0. The molecule has 4 rings (SSSR count). The average Bonchev–Trinajstić information content (AvgIpc) is 3.27. The van der Waals surface area contributed by atoms with E-state index in [2.05, 4.69) is 15.1 Å². The zero-order valence-corrected chi connectivity index (χ0v) is 15.5. The molecule has 3 aromatic rings. The van der Waals surface area contributed by atoms with Crippen LogP contribution < -0.4 is 0 Å². The van der Waals surface area contributed by atoms with Gasteiger partial charge in [-0.3, -0.25) is 0 Å². The summed E-state index contributed by atoms with van der Waals surface area (Å²) < 4.78 is 39.7. The zero-order valence-electron chi connectivity index (χ0n) is 14.7. The standard InChI is InChI=1S/C18H17ClF2N4O2/c1-10-12-8-22-15(19)7-13(12)25(24-10)16-6-11(17(20)21)5-14(23-16)18(26-2)3-4-27-9-18/h5-8,17H,3-4,9H2,1-2H3/t18-/m1/s1. The number of fused-ring (bicyclic) bond motifs is 1. The highest BCUT2D eigenvalue weighted by Gasteiger charge is 2.39. The molecule has 1 fully saturated rings. The summed E-state index contributed by atoms with van der Waals surface area (Å²) >= 11 is 6.02. The number of nitrogens with zero attached hydrogens (tertiary/aromatic N) is 4. The number of hydrogen-bond acceptors (Lipinski definition) is 5. The van der Waals surface area contributed by atoms with Gasteiger partial charge >= 0.3 is 0 Å². The number of aryl methyl sites for hydroxylation is 1. The topological polar surface area (TPSA) is 62.1 Å². The number of ether oxygens (including phenoxy) is 2. The summed E-state index contributed by atoms with van der Waals surface area (Å²) in [7, 11) is 1.53. The smallest absolute Gasteiger partial charge is 0.264 e. The van der Waals surface area contributed by atoms with E-state index in [-0.39, 0.29) is 23.1 Å². The lowest BCUT2D eigenvalue weighted by Gasteiger charge is -2.26. The third kappa shape index (κ3) is 3.07. The van der Waals surface area contributed by atoms with E-state index in [0.29, 0.717) is 29.9 Å². The second-order valence-corrected chi connectivity index (χ2v) is 6.85. The molecule has 1 aliphatic rings. The lowest BCUT2D eigenvalue weighted by atomic mass is 9.96. The van der Waals surface area contributed by atoms with E-state index >= 15 is 0 Å². The number of halogens is 3. The van der Waals surface area contributed by atoms with E-state index in [1.54, 1.807) is 12.3 Å². The van der Waals surface area contributed by atoms with E-state index in [9.17, 15) is 8.78 Å². The first-order chi connectivity index (χ1) is 12.9. The van der Waals surface area contributed by atoms with Crippen molar-refractivity contribution in [1.82, 2.24) is 19.7 Å². The van der Waals surface area contributed by atoms with Crippen molar-refractivity contribution in [3.05, 3.63) is 46.5 Å². The molecule has 142 valence electrons. The van der Waals surface area contributed by atoms with Crippen molar-refractivity contribution in [2.45, 2.75) is 25.4 Å². The van der Waals surface area contributed by atoms with Crippen molar-refractivity contribution in [2.24, 2.45) is 0 Å². The van der Waals surface area contributed by atoms with Crippen LogP contribution in [-0.4, -0.2) is 40.1 Å². The van der Waals surface area contributed by atoms with Crippen LogP contribution in [0.4, 0.5) is 8.78 Å². The molecule has 4 heterocycles. The fourth-order valence-corrected chi connectivity index (χ4v) is 3.48. The van der Waals surface area contributed by atoms with Crippen LogP contribution in [0.2, 0.25) is 5.15 Å². The number of rotatable bonds is 4. The minimum atomic E-state index is -2.66. The summed E-state index contributed by atoms with van der Waals surface area (Å²) in [5.74, 6) is 0.270. The van der Waals surface area contributed by atoms with Crippen molar-refractivity contribution >= 4 is 22.5 Å². The van der Waals surface area contributed by atoms with Crippen LogP contribution in [0.5, 0.6) is 0 Å². The Hall–Kier alpha value is -2.16. The van der Waals surface area contributed by atoms with Crippen molar-refractivity contribution in [2.75, 3.05) is 20.3 Å². The van der Waals surface area contributed by atoms with Gasteiger partial charge in [-0.1, -0.05) is 11.6 Å². The number of alkyl halides is 2. The second-order valence-electron chi connectivity index (χ2n) is 6.47. The van der Waals surface area contributed by atoms with E-state index in [4.69, 9.17) is 21.1 Å². The van der Waals surface area contributed by atoms with Crippen LogP contribution in [-0.2, 0) is 15.1 Å². The molecule has 0 unspecified atom stereocenters. The van der Waals surface area contributed by atoms with Crippen LogP contribution in [0.1, 0.15) is 29.8 Å². The van der Waals surface area contributed by atoms with Gasteiger partial charge in [0.15, 0.2) is 5.82 Å². The molecule has 0 aromatic carbocycles. The first-order valence-corrected chi connectivity index (χ1v) is 8.76. The van der Waals surface area contributed by atoms with Crippen LogP contribution in [0.25, 0.3) is 16.7 Å². The van der Waals surface area contributed by atoms with Gasteiger partial charge in [-0.05, 0) is 19.1 Å². The monoisotopic (exact) mass is 394 g/mol. The van der Waals surface area contributed by atoms with E-state index in [1.165, 1.54) is 23.9 Å². The fourth-order valence-electron chi connectivity index (χ4n) is 3.32. The largest absolute Gasteiger partial charge is 0.378 e. The SMILES string of the molecule is CO[C@]1(c2cc(C(F)F)cc(-n3nc(C)c4cnc(Cl)cc43)n2)CCOC1. The van der Waals surface area contributed by atoms with Crippen LogP contribution in [0.15, 0.2) is 24.4 Å². The number of methoxy groups -OCH3 is 1. The minimum Gasteiger partial charge on any atom is -0.378 e. The van der Waals surface area contributed by atoms with Gasteiger partial charge in [0.2, 0.25) is 0 Å². The fraction of sp³-hybridized carbons (Fsp3) is 0.389. The molecule has 0 N–H and O–H groups in total. The molecule has 9 heteroatoms. The third-order valence-electron chi connectivity index (χ3n) is 4.86. The molecule has 0 aliphatic carbocycles. The summed E-state index contributed by atoms with van der Waals surface area (Å²) in [6.07, 6.45) is -0.512. The molecule has 3 aromatic heterocycles. The first kappa shape index (κ1) is 18.2. The van der Waals surface area contributed by atoms with Gasteiger partial charge in [0.05, 0.1) is 23.5 Å². The molecule has 6 nitrogen and oxygen atoms in total. The zero-order chi connectivity index (χ0) is 19.2. The highest BCUT2D eigenvalue weighted by Crippen LogP contribution is 2.35. The molecule has 1 saturated heterocycles. The van der Waals surface area contributed by atoms with Gasteiger partial charge in [-0.15, -0.1) is 0 Å². The van der Waals surface area contributed by atoms with Gasteiger partial charge in [0.1, 0.15) is 10.8 Å². The second kappa shape index (κ2) is 6.78. The molecule has 0 saturated carbocycles. The Labute approximate surface area is 159 Å². The maximum Gasteiger partial charge on any atom is 0.264 e. The lowest BCUT2D eigenvalue weighted by molar-refractivity contribution is -0.0248. The molecule has 27 heavy (non-hydrogen) atoms. The minimum absolute atomic E-state index is 0.153. The van der Waals surface area contributed by atoms with Crippen molar-refractivity contribution in [1.29, 1.82) is 0 Å². The Morgan fingerprint density at radius 1 is 1.33 bits per heavy atom. The van der Waals surface area contributed by atoms with Crippen molar-refractivity contribution in [3.63, 3.8) is 0 Å². The number of aromatic nitrogens is 4. The Balaban J connectivity index is 1.95. The molecule has 1 aliphatic heterocycles. The summed E-state index contributed by atoms with van der Waals surface area (Å²) in [6.45, 7) is 2.56. The van der Waals surface area contributed by atoms with Crippen LogP contribution in [0.3, 0.4) is 0 Å². The predicted octanol–water partition coefficient (Wildman–Crippen LogP) is 3.98. The molecular weight excluding hydrogens is 378 g/mol. The quantitative estimate of drug-likeness (QED) is 0.626. The van der Waals surface area contributed by atoms with Crippen LogP contribution >= 0.6 is 11.6 Å². The lowest BCUT2D eigenvalue weighted by Crippen LogP contribution is -2.30. The number of pyridine rings is 2. The van der Waals surface area contributed by atoms with E-state index in [1.807, 2.05) is 6.92 Å². The maximum atomic E-state index is 13.6. The van der Waals surface area contributed by atoms with Gasteiger partial charge in [0.25, 0.3) is 6.43 Å². The van der Waals surface area contributed by atoms with Gasteiger partial charge < -0.3 is 9.47 Å². The highest BCUT2D eigenvalue weighted by molar-refractivity contribution is 6.30. The Bertz CT molecular complexity index is 1000. The first-order valence-electron chi connectivity index (χ1n) is 8.38. The third-order valence-corrected chi connectivity index (χ3v) is 5.07. The molecule has 0 radical (unpaired) electrons. The average molecular weight is 395 g/mol. The van der Waals surface area contributed by atoms with Gasteiger partial charge in [-0.2, -0.15) is 5.10 Å². The summed E-state index contributed by atoms with van der Waals surface area (Å²) in [5.41, 5.74) is 0.741. The maximum absolute atomic E-state index is 13.6. The molecule has 1 atom stereocenters. The molecule has 0 amide bonds. The summed E-state index contributed by atoms with van der Waals surface area (Å²) in [4.78, 5) is 8.66. The molecular formula is C18H17ClF2N4O2. The predicted molar refractivity (Wildman–Crippen MR) is 95.5 cm³/mol. The van der Waals surface area contributed by atoms with Crippen molar-refractivity contribution < 1.29 is 18.3 Å². The molecule has 0 bridgehead atoms. The molecule has 0 spiro atoms. The van der Waals surface area contributed by atoms with Crippen LogP contribution in [0, 0.1) is 6.92 Å². The Kier molecular flexibility index (Phi) is 4.57. The van der Waals surface area contributed by atoms with Crippen molar-refractivity contribution in [3.8, 4) is 5.82 Å². The summed E-state index contributed by atoms with van der Waals surface area (Å²) in [5, 5.41) is 5.51. The normalized spacial score (nSPS) is 20.1. The van der Waals surface area contributed by atoms with Gasteiger partial charge in [0, 0.05) is 43.4 Å². The van der Waals surface area contributed by atoms with Gasteiger partial charge in [-0.25, -0.2) is 23.4 Å².